The van der Waals surface area contributed by atoms with E-state index < -0.39 is 27.5 Å². The molecule has 1 atom stereocenters. The highest BCUT2D eigenvalue weighted by Gasteiger charge is 2.36. The van der Waals surface area contributed by atoms with Crippen LogP contribution in [0, 0.1) is 5.92 Å². The van der Waals surface area contributed by atoms with Gasteiger partial charge in [0.2, 0.25) is 5.91 Å². The van der Waals surface area contributed by atoms with E-state index in [0.29, 0.717) is 38.3 Å². The van der Waals surface area contributed by atoms with Gasteiger partial charge in [-0.1, -0.05) is 6.07 Å². The summed E-state index contributed by atoms with van der Waals surface area (Å²) in [7, 11) is -3.12. The van der Waals surface area contributed by atoms with Gasteiger partial charge in [0, 0.05) is 31.9 Å². The molecule has 25 heavy (non-hydrogen) atoms. The van der Waals surface area contributed by atoms with Gasteiger partial charge in [-0.05, 0) is 24.6 Å². The van der Waals surface area contributed by atoms with E-state index in [9.17, 15) is 26.4 Å². The molecule has 138 valence electrons. The summed E-state index contributed by atoms with van der Waals surface area (Å²) in [6.45, 7) is 1.61. The minimum Gasteiger partial charge on any atom is -0.368 e. The first-order chi connectivity index (χ1) is 11.7. The van der Waals surface area contributed by atoms with E-state index in [1.807, 2.05) is 4.90 Å². The number of piperazine rings is 1. The van der Waals surface area contributed by atoms with Crippen molar-refractivity contribution in [3.63, 3.8) is 0 Å². The predicted molar refractivity (Wildman–Crippen MR) is 87.0 cm³/mol. The fraction of sp³-hybridized carbons (Fsp3) is 0.562. The molecular formula is C16H19F3N2O3S. The Hall–Kier alpha value is -1.77. The minimum absolute atomic E-state index is 0.0492. The molecule has 3 rings (SSSR count). The maximum atomic E-state index is 12.8. The molecule has 9 heteroatoms. The van der Waals surface area contributed by atoms with Crippen molar-refractivity contribution in [1.82, 2.24) is 4.90 Å². The molecule has 0 N–H and O–H groups in total. The summed E-state index contributed by atoms with van der Waals surface area (Å²) in [5.41, 5.74) is -0.218. The van der Waals surface area contributed by atoms with Crippen LogP contribution in [0.5, 0.6) is 0 Å². The fourth-order valence-corrected chi connectivity index (χ4v) is 5.04. The summed E-state index contributed by atoms with van der Waals surface area (Å²) < 4.78 is 61.5. The number of halogens is 3. The first kappa shape index (κ1) is 18.0. The third kappa shape index (κ3) is 4.08. The number of hydrogen-bond acceptors (Lipinski definition) is 4. The van der Waals surface area contributed by atoms with Crippen molar-refractivity contribution in [2.24, 2.45) is 5.92 Å². The highest BCUT2D eigenvalue weighted by molar-refractivity contribution is 7.91. The fourth-order valence-electron chi connectivity index (χ4n) is 3.31. The number of nitrogens with zero attached hydrogens (tertiary/aromatic N) is 2. The third-order valence-electron chi connectivity index (χ3n) is 4.71. The standard InChI is InChI=1S/C16H19F3N2O3S/c17-16(18,19)13-2-1-3-14(10-13)20-5-7-21(8-6-20)15(22)12-4-9-25(23,24)11-12/h1-3,10,12H,4-9,11H2/t12-/m0/s1. The quantitative estimate of drug-likeness (QED) is 0.790. The molecule has 2 aliphatic rings. The number of carbonyl (C=O) groups excluding carboxylic acids is 1. The Morgan fingerprint density at radius 1 is 1.12 bits per heavy atom. The maximum absolute atomic E-state index is 12.8. The van der Waals surface area contributed by atoms with Crippen molar-refractivity contribution in [2.75, 3.05) is 42.6 Å². The van der Waals surface area contributed by atoms with Gasteiger partial charge in [0.15, 0.2) is 9.84 Å². The lowest BCUT2D eigenvalue weighted by molar-refractivity contribution is -0.137. The number of anilines is 1. The Kier molecular flexibility index (Phi) is 4.70. The Bertz CT molecular complexity index is 756. The molecule has 2 heterocycles. The van der Waals surface area contributed by atoms with Crippen LogP contribution in [0.3, 0.4) is 0 Å². The van der Waals surface area contributed by atoms with Crippen LogP contribution >= 0.6 is 0 Å². The van der Waals surface area contributed by atoms with Gasteiger partial charge >= 0.3 is 6.18 Å². The second kappa shape index (κ2) is 6.51. The van der Waals surface area contributed by atoms with Crippen LogP contribution in [0.25, 0.3) is 0 Å². The van der Waals surface area contributed by atoms with E-state index in [0.717, 1.165) is 12.1 Å². The predicted octanol–water partition coefficient (Wildman–Crippen LogP) is 1.79. The van der Waals surface area contributed by atoms with E-state index >= 15 is 0 Å². The second-order valence-electron chi connectivity index (χ2n) is 6.46. The van der Waals surface area contributed by atoms with Crippen LogP contribution in [-0.2, 0) is 20.8 Å². The zero-order valence-corrected chi connectivity index (χ0v) is 14.3. The van der Waals surface area contributed by atoms with Crippen LogP contribution in [-0.4, -0.2) is 56.9 Å². The molecule has 5 nitrogen and oxygen atoms in total. The Morgan fingerprint density at radius 3 is 2.36 bits per heavy atom. The smallest absolute Gasteiger partial charge is 0.368 e. The molecule has 2 aliphatic heterocycles. The molecule has 0 aliphatic carbocycles. The molecule has 0 aromatic heterocycles. The molecule has 1 aromatic carbocycles. The Morgan fingerprint density at radius 2 is 1.80 bits per heavy atom. The molecule has 0 spiro atoms. The molecule has 1 aromatic rings. The van der Waals surface area contributed by atoms with E-state index in [1.54, 1.807) is 11.0 Å². The van der Waals surface area contributed by atoms with Gasteiger partial charge in [-0.25, -0.2) is 8.42 Å². The normalized spacial score (nSPS) is 23.7. The number of hydrogen-bond donors (Lipinski definition) is 0. The zero-order chi connectivity index (χ0) is 18.2. The third-order valence-corrected chi connectivity index (χ3v) is 6.48. The van der Waals surface area contributed by atoms with Crippen molar-refractivity contribution < 1.29 is 26.4 Å². The lowest BCUT2D eigenvalue weighted by Crippen LogP contribution is -2.50. The van der Waals surface area contributed by atoms with E-state index in [2.05, 4.69) is 0 Å². The van der Waals surface area contributed by atoms with E-state index in [-0.39, 0.29) is 17.4 Å². The minimum atomic E-state index is -4.39. The summed E-state index contributed by atoms with van der Waals surface area (Å²) in [6, 6.07) is 5.14. The first-order valence-electron chi connectivity index (χ1n) is 8.07. The highest BCUT2D eigenvalue weighted by atomic mass is 32.2. The number of amides is 1. The van der Waals surface area contributed by atoms with Gasteiger partial charge in [0.1, 0.15) is 0 Å². The molecule has 1 amide bonds. The number of rotatable bonds is 2. The average molecular weight is 376 g/mol. The molecule has 0 saturated carbocycles. The van der Waals surface area contributed by atoms with Gasteiger partial charge in [0.25, 0.3) is 0 Å². The number of carbonyl (C=O) groups is 1. The number of alkyl halides is 3. The Balaban J connectivity index is 1.62. The lowest BCUT2D eigenvalue weighted by Gasteiger charge is -2.37. The molecule has 2 fully saturated rings. The molecule has 0 radical (unpaired) electrons. The van der Waals surface area contributed by atoms with Crippen LogP contribution in [0.15, 0.2) is 24.3 Å². The number of sulfone groups is 1. The van der Waals surface area contributed by atoms with Crippen LogP contribution in [0.1, 0.15) is 12.0 Å². The van der Waals surface area contributed by atoms with Crippen LogP contribution in [0.4, 0.5) is 18.9 Å². The molecule has 0 unspecified atom stereocenters. The second-order valence-corrected chi connectivity index (χ2v) is 8.69. The van der Waals surface area contributed by atoms with Crippen LogP contribution < -0.4 is 4.90 Å². The van der Waals surface area contributed by atoms with Crippen molar-refractivity contribution in [1.29, 1.82) is 0 Å². The first-order valence-corrected chi connectivity index (χ1v) is 9.89. The summed E-state index contributed by atoms with van der Waals surface area (Å²) in [5.74, 6) is -0.692. The van der Waals surface area contributed by atoms with Gasteiger partial charge in [-0.3, -0.25) is 4.79 Å². The monoisotopic (exact) mass is 376 g/mol. The maximum Gasteiger partial charge on any atom is 0.416 e. The van der Waals surface area contributed by atoms with Crippen LogP contribution in [0.2, 0.25) is 0 Å². The molecule has 0 bridgehead atoms. The van der Waals surface area contributed by atoms with Gasteiger partial charge in [-0.2, -0.15) is 13.2 Å². The van der Waals surface area contributed by atoms with Crippen molar-refractivity contribution in [3.05, 3.63) is 29.8 Å². The van der Waals surface area contributed by atoms with E-state index in [1.165, 1.54) is 6.07 Å². The van der Waals surface area contributed by atoms with Crippen molar-refractivity contribution in [2.45, 2.75) is 12.6 Å². The SMILES string of the molecule is O=C([C@H]1CCS(=O)(=O)C1)N1CCN(c2cccc(C(F)(F)F)c2)CC1. The largest absolute Gasteiger partial charge is 0.416 e. The zero-order valence-electron chi connectivity index (χ0n) is 13.5. The average Bonchev–Trinajstić information content (AvgIpc) is 2.94. The topological polar surface area (TPSA) is 57.7 Å². The number of benzene rings is 1. The Labute approximate surface area is 144 Å². The summed E-state index contributed by atoms with van der Waals surface area (Å²) in [4.78, 5) is 15.8. The molecule has 2 saturated heterocycles. The summed E-state index contributed by atoms with van der Waals surface area (Å²) >= 11 is 0. The van der Waals surface area contributed by atoms with Crippen molar-refractivity contribution in [3.8, 4) is 0 Å². The van der Waals surface area contributed by atoms with Gasteiger partial charge in [-0.15, -0.1) is 0 Å². The molecular weight excluding hydrogens is 357 g/mol. The lowest BCUT2D eigenvalue weighted by atomic mass is 10.1. The van der Waals surface area contributed by atoms with Gasteiger partial charge in [0.05, 0.1) is 23.0 Å². The highest BCUT2D eigenvalue weighted by Crippen LogP contribution is 2.32. The summed E-state index contributed by atoms with van der Waals surface area (Å²) in [5, 5.41) is 0. The van der Waals surface area contributed by atoms with E-state index in [4.69, 9.17) is 0 Å². The van der Waals surface area contributed by atoms with Gasteiger partial charge < -0.3 is 9.80 Å². The van der Waals surface area contributed by atoms with Crippen molar-refractivity contribution >= 4 is 21.4 Å². The summed E-state index contributed by atoms with van der Waals surface area (Å²) in [6.07, 6.45) is -4.03.